The molecule has 0 spiro atoms. The number of rotatable bonds is 3. The minimum absolute atomic E-state index is 0.456. The molecule has 0 aliphatic carbocycles. The first-order valence-corrected chi connectivity index (χ1v) is 3.73. The Kier molecular flexibility index (Phi) is 4.42. The minimum atomic E-state index is 0.456. The van der Waals surface area contributed by atoms with E-state index in [0.717, 1.165) is 11.3 Å². The highest BCUT2D eigenvalue weighted by Crippen LogP contribution is 2.06. The van der Waals surface area contributed by atoms with Crippen molar-refractivity contribution in [1.29, 1.82) is 0 Å². The van der Waals surface area contributed by atoms with Gasteiger partial charge >= 0.3 is 0 Å². The Bertz CT molecular complexity index is 188. The Hall–Kier alpha value is -0.920. The number of allylic oxidation sites excluding steroid dienone is 1. The van der Waals surface area contributed by atoms with Gasteiger partial charge in [0.15, 0.2) is 0 Å². The highest BCUT2D eigenvalue weighted by molar-refractivity contribution is 6.00. The van der Waals surface area contributed by atoms with Crippen LogP contribution >= 0.6 is 0 Å². The molecule has 0 radical (unpaired) electrons. The van der Waals surface area contributed by atoms with Crippen LogP contribution in [0.15, 0.2) is 21.8 Å². The van der Waals surface area contributed by atoms with Crippen LogP contribution in [0.1, 0.15) is 20.8 Å². The van der Waals surface area contributed by atoms with Crippen LogP contribution in [0.5, 0.6) is 0 Å². The van der Waals surface area contributed by atoms with E-state index in [0.29, 0.717) is 5.92 Å². The second kappa shape index (κ2) is 4.83. The molecule has 0 unspecified atom stereocenters. The molecule has 0 aliphatic rings. The predicted molar refractivity (Wildman–Crippen MR) is 51.5 cm³/mol. The van der Waals surface area contributed by atoms with Crippen LogP contribution in [0.2, 0.25) is 0 Å². The molecular weight excluding hydrogens is 136 g/mol. The Labute approximate surface area is 68.8 Å². The first-order chi connectivity index (χ1) is 5.13. The Morgan fingerprint density at radius 1 is 1.45 bits per heavy atom. The van der Waals surface area contributed by atoms with Gasteiger partial charge in [0.1, 0.15) is 0 Å². The molecule has 0 saturated heterocycles. The predicted octanol–water partition coefficient (Wildman–Crippen LogP) is 2.32. The maximum absolute atomic E-state index is 4.17. The van der Waals surface area contributed by atoms with Crippen LogP contribution < -0.4 is 0 Å². The molecule has 0 heterocycles. The largest absolute Gasteiger partial charge is 0.292 e. The van der Waals surface area contributed by atoms with E-state index in [4.69, 9.17) is 0 Å². The Morgan fingerprint density at radius 2 is 2.00 bits per heavy atom. The van der Waals surface area contributed by atoms with Crippen molar-refractivity contribution in [2.75, 3.05) is 7.05 Å². The van der Waals surface area contributed by atoms with Crippen LogP contribution in [0.3, 0.4) is 0 Å². The van der Waals surface area contributed by atoms with E-state index in [2.05, 4.69) is 30.5 Å². The summed E-state index contributed by atoms with van der Waals surface area (Å²) in [7, 11) is 1.80. The lowest BCUT2D eigenvalue weighted by molar-refractivity contribution is 0.878. The van der Waals surface area contributed by atoms with Crippen molar-refractivity contribution in [2.24, 2.45) is 15.9 Å². The maximum Gasteiger partial charge on any atom is 0.0414 e. The summed E-state index contributed by atoms with van der Waals surface area (Å²) in [6, 6.07) is 0. The van der Waals surface area contributed by atoms with Gasteiger partial charge in [-0.3, -0.25) is 9.98 Å². The van der Waals surface area contributed by atoms with Gasteiger partial charge in [-0.15, -0.1) is 0 Å². The third kappa shape index (κ3) is 3.12. The molecule has 0 saturated carbocycles. The van der Waals surface area contributed by atoms with Crippen molar-refractivity contribution >= 4 is 12.4 Å². The smallest absolute Gasteiger partial charge is 0.0414 e. The van der Waals surface area contributed by atoms with Gasteiger partial charge in [-0.1, -0.05) is 13.8 Å². The summed E-state index contributed by atoms with van der Waals surface area (Å²) >= 11 is 0. The van der Waals surface area contributed by atoms with Crippen LogP contribution in [-0.2, 0) is 0 Å². The summed E-state index contributed by atoms with van der Waals surface area (Å²) in [4.78, 5) is 7.86. The zero-order valence-electron chi connectivity index (χ0n) is 7.76. The molecule has 2 heteroatoms. The van der Waals surface area contributed by atoms with Gasteiger partial charge in [0.2, 0.25) is 0 Å². The molecule has 0 aromatic heterocycles. The minimum Gasteiger partial charge on any atom is -0.292 e. The van der Waals surface area contributed by atoms with Crippen molar-refractivity contribution in [1.82, 2.24) is 0 Å². The maximum atomic E-state index is 4.17. The monoisotopic (exact) mass is 152 g/mol. The number of nitrogens with zero attached hydrogens (tertiary/aromatic N) is 2. The number of aliphatic imine (C=N–C) groups is 2. The van der Waals surface area contributed by atoms with Crippen molar-refractivity contribution in [3.05, 3.63) is 11.8 Å². The second-order valence-electron chi connectivity index (χ2n) is 2.76. The van der Waals surface area contributed by atoms with Crippen LogP contribution in [0.25, 0.3) is 0 Å². The molecule has 0 atom stereocenters. The Morgan fingerprint density at radius 3 is 2.27 bits per heavy atom. The first-order valence-electron chi connectivity index (χ1n) is 3.73. The third-order valence-corrected chi connectivity index (χ3v) is 1.48. The lowest BCUT2D eigenvalue weighted by Crippen LogP contribution is -2.08. The molecular formula is C9H16N2. The summed E-state index contributed by atoms with van der Waals surface area (Å²) in [5.74, 6) is 0.456. The molecule has 11 heavy (non-hydrogen) atoms. The van der Waals surface area contributed by atoms with Gasteiger partial charge in [0, 0.05) is 19.0 Å². The standard InChI is InChI=1S/C9H16N2/c1-7(2)9(11-5)8(3)6-10-4/h6-7H,4H2,1-3,5H3/b8-6-,11-9-. The molecule has 0 bridgehead atoms. The molecule has 0 N–H and O–H groups in total. The normalized spacial score (nSPS) is 13.9. The third-order valence-electron chi connectivity index (χ3n) is 1.48. The average Bonchev–Trinajstić information content (AvgIpc) is 1.88. The molecule has 0 aliphatic heterocycles. The van der Waals surface area contributed by atoms with Crippen molar-refractivity contribution in [2.45, 2.75) is 20.8 Å². The molecule has 0 aromatic carbocycles. The summed E-state index contributed by atoms with van der Waals surface area (Å²) in [6.45, 7) is 9.62. The van der Waals surface area contributed by atoms with E-state index in [-0.39, 0.29) is 0 Å². The zero-order valence-corrected chi connectivity index (χ0v) is 7.76. The first kappa shape index (κ1) is 10.1. The fourth-order valence-corrected chi connectivity index (χ4v) is 1.09. The van der Waals surface area contributed by atoms with E-state index < -0.39 is 0 Å². The van der Waals surface area contributed by atoms with Crippen LogP contribution in [0.4, 0.5) is 0 Å². The number of hydrogen-bond acceptors (Lipinski definition) is 2. The summed E-state index contributed by atoms with van der Waals surface area (Å²) < 4.78 is 0. The van der Waals surface area contributed by atoms with Crippen molar-refractivity contribution in [3.8, 4) is 0 Å². The van der Waals surface area contributed by atoms with E-state index in [1.807, 2.05) is 6.92 Å². The van der Waals surface area contributed by atoms with E-state index in [1.54, 1.807) is 13.2 Å². The van der Waals surface area contributed by atoms with Crippen LogP contribution in [-0.4, -0.2) is 19.5 Å². The summed E-state index contributed by atoms with van der Waals surface area (Å²) in [5.41, 5.74) is 2.19. The highest BCUT2D eigenvalue weighted by atomic mass is 14.7. The lowest BCUT2D eigenvalue weighted by Gasteiger charge is -2.07. The molecule has 0 fully saturated rings. The van der Waals surface area contributed by atoms with Crippen LogP contribution in [0, 0.1) is 5.92 Å². The second-order valence-corrected chi connectivity index (χ2v) is 2.76. The summed E-state index contributed by atoms with van der Waals surface area (Å²) in [6.07, 6.45) is 1.74. The topological polar surface area (TPSA) is 24.7 Å². The highest BCUT2D eigenvalue weighted by Gasteiger charge is 2.04. The zero-order chi connectivity index (χ0) is 8.85. The molecule has 0 amide bonds. The SMILES string of the molecule is C=N/C=C(C)\C(=N/C)C(C)C. The van der Waals surface area contributed by atoms with E-state index >= 15 is 0 Å². The lowest BCUT2D eigenvalue weighted by atomic mass is 10.0. The quantitative estimate of drug-likeness (QED) is 0.554. The van der Waals surface area contributed by atoms with Gasteiger partial charge in [0.25, 0.3) is 0 Å². The van der Waals surface area contributed by atoms with Gasteiger partial charge in [-0.25, -0.2) is 0 Å². The van der Waals surface area contributed by atoms with E-state index in [9.17, 15) is 0 Å². The molecule has 0 rings (SSSR count). The Balaban J connectivity index is 4.53. The van der Waals surface area contributed by atoms with E-state index in [1.165, 1.54) is 0 Å². The van der Waals surface area contributed by atoms with Gasteiger partial charge in [-0.05, 0) is 25.1 Å². The molecule has 0 aromatic rings. The van der Waals surface area contributed by atoms with Crippen molar-refractivity contribution < 1.29 is 0 Å². The molecule has 2 nitrogen and oxygen atoms in total. The number of hydrogen-bond donors (Lipinski definition) is 0. The van der Waals surface area contributed by atoms with Gasteiger partial charge < -0.3 is 0 Å². The average molecular weight is 152 g/mol. The van der Waals surface area contributed by atoms with Gasteiger partial charge in [-0.2, -0.15) is 0 Å². The summed E-state index contributed by atoms with van der Waals surface area (Å²) in [5, 5.41) is 0. The fraction of sp³-hybridized carbons (Fsp3) is 0.556. The fourth-order valence-electron chi connectivity index (χ4n) is 1.09. The van der Waals surface area contributed by atoms with Crippen molar-refractivity contribution in [3.63, 3.8) is 0 Å². The molecule has 62 valence electrons. The van der Waals surface area contributed by atoms with Gasteiger partial charge in [0.05, 0.1) is 0 Å².